The number of nitrogens with two attached hydrogens (primary N) is 1. The van der Waals surface area contributed by atoms with Crippen molar-refractivity contribution in [2.45, 2.75) is 33.7 Å². The van der Waals surface area contributed by atoms with Gasteiger partial charge in [0, 0.05) is 6.54 Å². The molecule has 76 valence electrons. The molecule has 0 unspecified atom stereocenters. The monoisotopic (exact) mass is 189 g/mol. The van der Waals surface area contributed by atoms with Crippen molar-refractivity contribution in [1.82, 2.24) is 0 Å². The minimum atomic E-state index is 0.624. The summed E-state index contributed by atoms with van der Waals surface area (Å²) >= 11 is 0. The summed E-state index contributed by atoms with van der Waals surface area (Å²) in [6.45, 7) is 7.02. The van der Waals surface area contributed by atoms with Crippen LogP contribution in [-0.4, -0.2) is 0 Å². The van der Waals surface area contributed by atoms with Gasteiger partial charge in [0.1, 0.15) is 0 Å². The van der Waals surface area contributed by atoms with E-state index in [9.17, 15) is 0 Å². The lowest BCUT2D eigenvalue weighted by Gasteiger charge is -2.07. The highest BCUT2D eigenvalue weighted by atomic mass is 14.5. The first kappa shape index (κ1) is 11.0. The summed E-state index contributed by atoms with van der Waals surface area (Å²) in [6, 6.07) is 4.40. The fourth-order valence-electron chi connectivity index (χ4n) is 1.56. The number of rotatable bonds is 3. The molecule has 0 radical (unpaired) electrons. The lowest BCUT2D eigenvalue weighted by atomic mass is 9.99. The van der Waals surface area contributed by atoms with E-state index < -0.39 is 0 Å². The van der Waals surface area contributed by atoms with Crippen LogP contribution in [0.15, 0.2) is 18.2 Å². The maximum atomic E-state index is 5.67. The molecule has 1 nitrogen and oxygen atoms in total. The van der Waals surface area contributed by atoms with Gasteiger partial charge in [-0.3, -0.25) is 0 Å². The van der Waals surface area contributed by atoms with Crippen LogP contribution in [0.5, 0.6) is 0 Å². The molecule has 0 saturated heterocycles. The lowest BCUT2D eigenvalue weighted by Crippen LogP contribution is -2.00. The van der Waals surface area contributed by atoms with E-state index in [1.54, 1.807) is 0 Å². The predicted molar refractivity (Wildman–Crippen MR) is 63.1 cm³/mol. The Morgan fingerprint density at radius 2 is 1.93 bits per heavy atom. The Kier molecular flexibility index (Phi) is 3.90. The summed E-state index contributed by atoms with van der Waals surface area (Å²) in [6.07, 6.45) is 5.43. The van der Waals surface area contributed by atoms with Crippen molar-refractivity contribution < 1.29 is 0 Å². The van der Waals surface area contributed by atoms with Crippen molar-refractivity contribution in [3.05, 3.63) is 40.5 Å². The molecular weight excluding hydrogens is 170 g/mol. The summed E-state index contributed by atoms with van der Waals surface area (Å²) in [5.74, 6) is 0. The molecule has 0 aliphatic carbocycles. The van der Waals surface area contributed by atoms with Crippen LogP contribution in [-0.2, 0) is 6.54 Å². The van der Waals surface area contributed by atoms with Gasteiger partial charge >= 0.3 is 0 Å². The van der Waals surface area contributed by atoms with Crippen molar-refractivity contribution in [2.75, 3.05) is 0 Å². The topological polar surface area (TPSA) is 26.0 Å². The van der Waals surface area contributed by atoms with E-state index in [1.165, 1.54) is 22.3 Å². The highest BCUT2D eigenvalue weighted by molar-refractivity contribution is 5.56. The molecule has 0 aliphatic rings. The highest BCUT2D eigenvalue weighted by Gasteiger charge is 2.00. The number of benzene rings is 1. The molecule has 0 fully saturated rings. The zero-order valence-electron chi connectivity index (χ0n) is 9.30. The minimum Gasteiger partial charge on any atom is -0.326 e. The van der Waals surface area contributed by atoms with Gasteiger partial charge in [0.25, 0.3) is 0 Å². The first-order valence-electron chi connectivity index (χ1n) is 5.15. The Bertz CT molecular complexity index is 337. The van der Waals surface area contributed by atoms with Crippen LogP contribution < -0.4 is 5.73 Å². The molecule has 2 N–H and O–H groups in total. The molecule has 1 heteroatoms. The van der Waals surface area contributed by atoms with E-state index in [1.807, 2.05) is 0 Å². The van der Waals surface area contributed by atoms with Crippen LogP contribution in [0.1, 0.15) is 35.6 Å². The van der Waals surface area contributed by atoms with Gasteiger partial charge in [-0.2, -0.15) is 0 Å². The first-order chi connectivity index (χ1) is 6.69. The van der Waals surface area contributed by atoms with Crippen LogP contribution in [0.3, 0.4) is 0 Å². The molecule has 0 spiro atoms. The lowest BCUT2D eigenvalue weighted by molar-refractivity contribution is 1.04. The van der Waals surface area contributed by atoms with Crippen molar-refractivity contribution in [2.24, 2.45) is 5.73 Å². The van der Waals surface area contributed by atoms with E-state index in [4.69, 9.17) is 5.73 Å². The van der Waals surface area contributed by atoms with Crippen molar-refractivity contribution >= 4 is 6.08 Å². The molecule has 0 aliphatic heterocycles. The average molecular weight is 189 g/mol. The van der Waals surface area contributed by atoms with E-state index in [0.29, 0.717) is 6.54 Å². The second-order valence-electron chi connectivity index (χ2n) is 3.65. The van der Waals surface area contributed by atoms with E-state index in [-0.39, 0.29) is 0 Å². The molecule has 0 saturated carbocycles. The summed E-state index contributed by atoms with van der Waals surface area (Å²) in [7, 11) is 0. The quantitative estimate of drug-likeness (QED) is 0.776. The third kappa shape index (κ3) is 2.46. The Balaban J connectivity index is 3.10. The SMILES string of the molecule is CCC=Cc1cc(CN)c(C)cc1C. The van der Waals surface area contributed by atoms with Crippen molar-refractivity contribution in [3.63, 3.8) is 0 Å². The standard InChI is InChI=1S/C13H19N/c1-4-5-6-12-8-13(9-14)11(3)7-10(12)2/h5-8H,4,9,14H2,1-3H3. The maximum absolute atomic E-state index is 5.67. The second kappa shape index (κ2) is 4.97. The van der Waals surface area contributed by atoms with Crippen LogP contribution in [0.2, 0.25) is 0 Å². The van der Waals surface area contributed by atoms with Gasteiger partial charge in [-0.15, -0.1) is 0 Å². The zero-order valence-corrected chi connectivity index (χ0v) is 9.30. The molecule has 1 aromatic carbocycles. The summed E-state index contributed by atoms with van der Waals surface area (Å²) < 4.78 is 0. The van der Waals surface area contributed by atoms with Crippen LogP contribution >= 0.6 is 0 Å². The van der Waals surface area contributed by atoms with E-state index in [0.717, 1.165) is 6.42 Å². The maximum Gasteiger partial charge on any atom is 0.0180 e. The molecule has 0 amide bonds. The fraction of sp³-hybridized carbons (Fsp3) is 0.385. The summed E-state index contributed by atoms with van der Waals surface area (Å²) in [5.41, 5.74) is 10.8. The molecule has 0 atom stereocenters. The van der Waals surface area contributed by atoms with Gasteiger partial charge < -0.3 is 5.73 Å². The Morgan fingerprint density at radius 1 is 1.21 bits per heavy atom. The van der Waals surface area contributed by atoms with Gasteiger partial charge in [0.15, 0.2) is 0 Å². The smallest absolute Gasteiger partial charge is 0.0180 e. The molecular formula is C13H19N. The molecule has 14 heavy (non-hydrogen) atoms. The van der Waals surface area contributed by atoms with Crippen LogP contribution in [0, 0.1) is 13.8 Å². The summed E-state index contributed by atoms with van der Waals surface area (Å²) in [5, 5.41) is 0. The molecule has 0 aromatic heterocycles. The third-order valence-corrected chi connectivity index (χ3v) is 2.48. The Morgan fingerprint density at radius 3 is 2.50 bits per heavy atom. The number of hydrogen-bond donors (Lipinski definition) is 1. The minimum absolute atomic E-state index is 0.624. The fourth-order valence-corrected chi connectivity index (χ4v) is 1.56. The Labute approximate surface area is 86.6 Å². The van der Waals surface area contributed by atoms with E-state index in [2.05, 4.69) is 45.1 Å². The van der Waals surface area contributed by atoms with Crippen molar-refractivity contribution in [3.8, 4) is 0 Å². The molecule has 0 heterocycles. The third-order valence-electron chi connectivity index (χ3n) is 2.48. The normalized spacial score (nSPS) is 11.1. The highest BCUT2D eigenvalue weighted by Crippen LogP contribution is 2.17. The van der Waals surface area contributed by atoms with Crippen molar-refractivity contribution in [1.29, 1.82) is 0 Å². The molecule has 1 aromatic rings. The largest absolute Gasteiger partial charge is 0.326 e. The first-order valence-corrected chi connectivity index (χ1v) is 5.15. The number of aryl methyl sites for hydroxylation is 2. The molecule has 0 bridgehead atoms. The second-order valence-corrected chi connectivity index (χ2v) is 3.65. The van der Waals surface area contributed by atoms with Gasteiger partial charge in [-0.1, -0.05) is 25.1 Å². The molecule has 1 rings (SSSR count). The van der Waals surface area contributed by atoms with Gasteiger partial charge in [-0.05, 0) is 48.6 Å². The van der Waals surface area contributed by atoms with Gasteiger partial charge in [-0.25, -0.2) is 0 Å². The predicted octanol–water partition coefficient (Wildman–Crippen LogP) is 3.19. The van der Waals surface area contributed by atoms with Crippen LogP contribution in [0.4, 0.5) is 0 Å². The van der Waals surface area contributed by atoms with Crippen LogP contribution in [0.25, 0.3) is 6.08 Å². The Hall–Kier alpha value is -1.08. The summed E-state index contributed by atoms with van der Waals surface area (Å²) in [4.78, 5) is 0. The zero-order chi connectivity index (χ0) is 10.6. The van der Waals surface area contributed by atoms with E-state index >= 15 is 0 Å². The van der Waals surface area contributed by atoms with Gasteiger partial charge in [0.05, 0.1) is 0 Å². The number of allylic oxidation sites excluding steroid dienone is 1. The number of hydrogen-bond acceptors (Lipinski definition) is 1. The van der Waals surface area contributed by atoms with Gasteiger partial charge in [0.2, 0.25) is 0 Å². The average Bonchev–Trinajstić information content (AvgIpc) is 2.17.